The van der Waals surface area contributed by atoms with E-state index in [1.54, 1.807) is 32.1 Å². The number of anilines is 1. The highest BCUT2D eigenvalue weighted by Crippen LogP contribution is 2.32. The molecule has 0 fully saturated rings. The highest BCUT2D eigenvalue weighted by atomic mass is 35.5. The van der Waals surface area contributed by atoms with Crippen LogP contribution in [0.4, 0.5) is 5.69 Å². The van der Waals surface area contributed by atoms with Crippen molar-refractivity contribution in [3.8, 4) is 11.3 Å². The molecule has 2 aromatic carbocycles. The van der Waals surface area contributed by atoms with E-state index in [1.807, 2.05) is 31.2 Å². The molecule has 1 aromatic heterocycles. The van der Waals surface area contributed by atoms with Gasteiger partial charge in [-0.15, -0.1) is 0 Å². The van der Waals surface area contributed by atoms with E-state index in [2.05, 4.69) is 5.10 Å². The van der Waals surface area contributed by atoms with Crippen LogP contribution in [-0.2, 0) is 9.53 Å². The van der Waals surface area contributed by atoms with Crippen molar-refractivity contribution in [3.05, 3.63) is 81.0 Å². The Labute approximate surface area is 201 Å². The minimum Gasteiger partial charge on any atom is -0.462 e. The highest BCUT2D eigenvalue weighted by molar-refractivity contribution is 6.34. The Hall–Kier alpha value is -3.35. The van der Waals surface area contributed by atoms with E-state index in [4.69, 9.17) is 32.4 Å². The van der Waals surface area contributed by atoms with Gasteiger partial charge in [-0.05, 0) is 68.8 Å². The van der Waals surface area contributed by atoms with E-state index in [9.17, 15) is 9.59 Å². The normalized spacial score (nSPS) is 14.7. The lowest BCUT2D eigenvalue weighted by molar-refractivity contribution is -0.114. The van der Waals surface area contributed by atoms with Gasteiger partial charge in [-0.3, -0.25) is 4.79 Å². The molecular weight excluding hydrogens is 463 g/mol. The Kier molecular flexibility index (Phi) is 6.40. The number of esters is 1. The first-order valence-electron chi connectivity index (χ1n) is 10.2. The molecule has 0 spiro atoms. The third kappa shape index (κ3) is 4.45. The molecule has 0 atom stereocenters. The third-order valence-electron chi connectivity index (χ3n) is 5.20. The summed E-state index contributed by atoms with van der Waals surface area (Å²) in [4.78, 5) is 25.3. The van der Waals surface area contributed by atoms with Crippen molar-refractivity contribution in [2.75, 3.05) is 11.6 Å². The van der Waals surface area contributed by atoms with Crippen LogP contribution in [0.15, 0.2) is 63.6 Å². The number of amides is 1. The number of hydrazone groups is 1. The lowest BCUT2D eigenvalue weighted by atomic mass is 10.1. The number of furan rings is 1. The van der Waals surface area contributed by atoms with Crippen LogP contribution < -0.4 is 5.01 Å². The summed E-state index contributed by atoms with van der Waals surface area (Å²) in [7, 11) is 0. The smallest absolute Gasteiger partial charge is 0.339 e. The summed E-state index contributed by atoms with van der Waals surface area (Å²) in [5.74, 6) is 0.247. The van der Waals surface area contributed by atoms with Crippen LogP contribution in [-0.4, -0.2) is 24.2 Å². The number of nitrogens with zero attached hydrogens (tertiary/aromatic N) is 2. The van der Waals surface area contributed by atoms with Crippen LogP contribution in [0.2, 0.25) is 10.0 Å². The molecule has 1 aliphatic heterocycles. The number of carbonyl (C=O) groups excluding carboxylic acids is 2. The van der Waals surface area contributed by atoms with Crippen molar-refractivity contribution in [2.24, 2.45) is 5.10 Å². The molecule has 33 heavy (non-hydrogen) atoms. The molecule has 0 unspecified atom stereocenters. The molecule has 1 aliphatic rings. The first-order chi connectivity index (χ1) is 15.8. The van der Waals surface area contributed by atoms with Crippen LogP contribution in [0, 0.1) is 6.92 Å². The summed E-state index contributed by atoms with van der Waals surface area (Å²) in [5, 5.41) is 6.48. The summed E-state index contributed by atoms with van der Waals surface area (Å²) in [6.45, 7) is 5.57. The second kappa shape index (κ2) is 9.25. The van der Waals surface area contributed by atoms with Crippen LogP contribution in [0.5, 0.6) is 0 Å². The van der Waals surface area contributed by atoms with Crippen LogP contribution in [0.3, 0.4) is 0 Å². The third-order valence-corrected chi connectivity index (χ3v) is 5.94. The minimum atomic E-state index is -0.563. The lowest BCUT2D eigenvalue weighted by Gasteiger charge is -2.13. The number of rotatable bonds is 5. The predicted molar refractivity (Wildman–Crippen MR) is 130 cm³/mol. The largest absolute Gasteiger partial charge is 0.462 e. The van der Waals surface area contributed by atoms with Crippen LogP contribution in [0.1, 0.15) is 35.5 Å². The molecule has 0 saturated heterocycles. The Balaban J connectivity index is 1.63. The molecule has 0 N–H and O–H groups in total. The number of hydrogen-bond donors (Lipinski definition) is 0. The SMILES string of the molecule is CCOC(=O)c1cc(N2N=C(C)C(=Cc3ccc(-c4cccc(Cl)c4C)o3)C2=O)ccc1Cl. The first-order valence-corrected chi connectivity index (χ1v) is 11.0. The number of halogens is 2. The molecule has 8 heteroatoms. The van der Waals surface area contributed by atoms with Gasteiger partial charge in [0.25, 0.3) is 5.91 Å². The van der Waals surface area contributed by atoms with Crippen LogP contribution in [0.25, 0.3) is 17.4 Å². The van der Waals surface area contributed by atoms with Gasteiger partial charge in [0.15, 0.2) is 0 Å². The van der Waals surface area contributed by atoms with Crippen molar-refractivity contribution in [1.29, 1.82) is 0 Å². The molecule has 6 nitrogen and oxygen atoms in total. The number of benzene rings is 2. The van der Waals surface area contributed by atoms with E-state index in [-0.39, 0.29) is 23.1 Å². The van der Waals surface area contributed by atoms with Crippen molar-refractivity contribution >= 4 is 52.6 Å². The highest BCUT2D eigenvalue weighted by Gasteiger charge is 2.30. The van der Waals surface area contributed by atoms with Gasteiger partial charge in [0.1, 0.15) is 11.5 Å². The predicted octanol–water partition coefficient (Wildman–Crippen LogP) is 6.54. The van der Waals surface area contributed by atoms with E-state index >= 15 is 0 Å². The second-order valence-electron chi connectivity index (χ2n) is 7.36. The number of hydrogen-bond acceptors (Lipinski definition) is 5. The second-order valence-corrected chi connectivity index (χ2v) is 8.17. The van der Waals surface area contributed by atoms with Gasteiger partial charge in [-0.1, -0.05) is 35.3 Å². The molecule has 168 valence electrons. The van der Waals surface area contributed by atoms with Crippen molar-refractivity contribution < 1.29 is 18.7 Å². The Morgan fingerprint density at radius 2 is 1.91 bits per heavy atom. The monoisotopic (exact) mass is 482 g/mol. The fourth-order valence-electron chi connectivity index (χ4n) is 3.46. The molecule has 3 aromatic rings. The maximum atomic E-state index is 13.1. The molecule has 2 heterocycles. The van der Waals surface area contributed by atoms with Crippen molar-refractivity contribution in [1.82, 2.24) is 0 Å². The summed E-state index contributed by atoms with van der Waals surface area (Å²) >= 11 is 12.4. The minimum absolute atomic E-state index is 0.168. The molecule has 0 aliphatic carbocycles. The number of ether oxygens (including phenoxy) is 1. The van der Waals surface area contributed by atoms with Crippen molar-refractivity contribution in [2.45, 2.75) is 20.8 Å². The Morgan fingerprint density at radius 3 is 2.67 bits per heavy atom. The van der Waals surface area contributed by atoms with Gasteiger partial charge in [-0.2, -0.15) is 10.1 Å². The molecule has 4 rings (SSSR count). The summed E-state index contributed by atoms with van der Waals surface area (Å²) in [5.41, 5.74) is 3.26. The maximum Gasteiger partial charge on any atom is 0.339 e. The zero-order chi connectivity index (χ0) is 23.7. The Bertz CT molecular complexity index is 1320. The summed E-state index contributed by atoms with van der Waals surface area (Å²) in [6.07, 6.45) is 1.65. The van der Waals surface area contributed by atoms with Gasteiger partial charge in [0, 0.05) is 10.6 Å². The molecule has 0 bridgehead atoms. The maximum absolute atomic E-state index is 13.1. The summed E-state index contributed by atoms with van der Waals surface area (Å²) in [6, 6.07) is 13.9. The fourth-order valence-corrected chi connectivity index (χ4v) is 3.83. The molecule has 1 amide bonds. The molecular formula is C25H20Cl2N2O4. The standard InChI is InChI=1S/C25H20Cl2N2O4/c1-4-32-25(31)20-12-16(8-10-22(20)27)29-24(30)19(15(3)28-29)13-17-9-11-23(33-17)18-6-5-7-21(26)14(18)2/h5-13H,4H2,1-3H3. The van der Waals surface area contributed by atoms with Gasteiger partial charge in [0.2, 0.25) is 0 Å². The van der Waals surface area contributed by atoms with Gasteiger partial charge in [0.05, 0.1) is 34.2 Å². The van der Waals surface area contributed by atoms with Crippen LogP contribution >= 0.6 is 23.2 Å². The zero-order valence-corrected chi connectivity index (χ0v) is 19.7. The molecule has 0 saturated carbocycles. The topological polar surface area (TPSA) is 72.1 Å². The quantitative estimate of drug-likeness (QED) is 0.305. The lowest BCUT2D eigenvalue weighted by Crippen LogP contribution is -2.21. The van der Waals surface area contributed by atoms with E-state index in [0.29, 0.717) is 33.5 Å². The Morgan fingerprint density at radius 1 is 1.12 bits per heavy atom. The zero-order valence-electron chi connectivity index (χ0n) is 18.2. The van der Waals surface area contributed by atoms with E-state index in [1.165, 1.54) is 17.1 Å². The molecule has 0 radical (unpaired) electrons. The first kappa shape index (κ1) is 22.8. The number of carbonyl (C=O) groups is 2. The van der Waals surface area contributed by atoms with Gasteiger partial charge >= 0.3 is 5.97 Å². The van der Waals surface area contributed by atoms with E-state index in [0.717, 1.165) is 11.1 Å². The van der Waals surface area contributed by atoms with E-state index < -0.39 is 5.97 Å². The van der Waals surface area contributed by atoms with Crippen molar-refractivity contribution in [3.63, 3.8) is 0 Å². The van der Waals surface area contributed by atoms with Gasteiger partial charge < -0.3 is 9.15 Å². The summed E-state index contributed by atoms with van der Waals surface area (Å²) < 4.78 is 11.0. The fraction of sp³-hybridized carbons (Fsp3) is 0.160. The average molecular weight is 483 g/mol. The van der Waals surface area contributed by atoms with Gasteiger partial charge in [-0.25, -0.2) is 4.79 Å². The average Bonchev–Trinajstić information content (AvgIpc) is 3.36.